The van der Waals surface area contributed by atoms with Gasteiger partial charge in [-0.25, -0.2) is 26.9 Å². The average molecular weight is 472 g/mol. The van der Waals surface area contributed by atoms with Crippen molar-refractivity contribution >= 4 is 31.9 Å². The van der Waals surface area contributed by atoms with E-state index in [9.17, 15) is 22.0 Å². The minimum Gasteiger partial charge on any atom is -0.497 e. The predicted molar refractivity (Wildman–Crippen MR) is 98.8 cm³/mol. The second-order valence-corrected chi connectivity index (χ2v) is 7.97. The van der Waals surface area contributed by atoms with Crippen LogP contribution < -0.4 is 9.46 Å². The van der Waals surface area contributed by atoms with Crippen LogP contribution in [0.5, 0.6) is 5.75 Å². The highest BCUT2D eigenvalue weighted by Gasteiger charge is 2.24. The summed E-state index contributed by atoms with van der Waals surface area (Å²) in [6, 6.07) is 7.50. The van der Waals surface area contributed by atoms with Crippen LogP contribution in [-0.2, 0) is 10.0 Å². The van der Waals surface area contributed by atoms with Gasteiger partial charge >= 0.3 is 0 Å². The maximum Gasteiger partial charge on any atom is 0.285 e. The van der Waals surface area contributed by atoms with Gasteiger partial charge in [0.15, 0.2) is 0 Å². The highest BCUT2D eigenvalue weighted by molar-refractivity contribution is 9.10. The Morgan fingerprint density at radius 3 is 2.54 bits per heavy atom. The first-order valence-electron chi connectivity index (χ1n) is 7.62. The number of nitrogens with one attached hydrogen (secondary N) is 1. The third-order valence-electron chi connectivity index (χ3n) is 3.67. The molecule has 1 N–H and O–H groups in total. The van der Waals surface area contributed by atoms with Crippen molar-refractivity contribution in [2.75, 3.05) is 7.11 Å². The van der Waals surface area contributed by atoms with E-state index in [-0.39, 0.29) is 20.8 Å². The van der Waals surface area contributed by atoms with Crippen LogP contribution in [0.15, 0.2) is 58.3 Å². The lowest BCUT2D eigenvalue weighted by Gasteiger charge is -2.09. The SMILES string of the molecule is COc1ccc(Br)c(S(=O)(=O)NC(=O)c2cn(-c3c(F)cccc3F)cn2)c1. The van der Waals surface area contributed by atoms with E-state index in [0.717, 1.165) is 29.2 Å². The topological polar surface area (TPSA) is 90.3 Å². The summed E-state index contributed by atoms with van der Waals surface area (Å²) in [5.41, 5.74) is -0.780. The Hall–Kier alpha value is -2.79. The maximum absolute atomic E-state index is 13.9. The number of ether oxygens (including phenoxy) is 1. The molecule has 0 unspecified atom stereocenters. The lowest BCUT2D eigenvalue weighted by Crippen LogP contribution is -2.31. The predicted octanol–water partition coefficient (Wildman–Crippen LogP) is 3.04. The van der Waals surface area contributed by atoms with Crippen LogP contribution in [0.3, 0.4) is 0 Å². The fourth-order valence-corrected chi connectivity index (χ4v) is 4.28. The summed E-state index contributed by atoms with van der Waals surface area (Å²) in [5, 5.41) is 0. The summed E-state index contributed by atoms with van der Waals surface area (Å²) >= 11 is 3.10. The zero-order chi connectivity index (χ0) is 20.5. The Morgan fingerprint density at radius 1 is 1.21 bits per heavy atom. The lowest BCUT2D eigenvalue weighted by atomic mass is 10.3. The molecule has 2 aromatic carbocycles. The third-order valence-corrected chi connectivity index (χ3v) is 5.99. The van der Waals surface area contributed by atoms with Crippen LogP contribution in [0.4, 0.5) is 8.78 Å². The molecule has 1 amide bonds. The summed E-state index contributed by atoms with van der Waals surface area (Å²) in [7, 11) is -2.90. The number of carbonyl (C=O) groups is 1. The van der Waals surface area contributed by atoms with E-state index in [1.165, 1.54) is 31.4 Å². The maximum atomic E-state index is 13.9. The quantitative estimate of drug-likeness (QED) is 0.617. The van der Waals surface area contributed by atoms with Crippen molar-refractivity contribution in [2.24, 2.45) is 0 Å². The van der Waals surface area contributed by atoms with Gasteiger partial charge in [0, 0.05) is 16.7 Å². The molecule has 7 nitrogen and oxygen atoms in total. The van der Waals surface area contributed by atoms with Gasteiger partial charge in [-0.2, -0.15) is 0 Å². The molecule has 0 radical (unpaired) electrons. The molecule has 0 bridgehead atoms. The van der Waals surface area contributed by atoms with E-state index < -0.39 is 33.3 Å². The molecule has 1 heterocycles. The Labute approximate surface area is 167 Å². The summed E-state index contributed by atoms with van der Waals surface area (Å²) < 4.78 is 60.8. The molecule has 0 aliphatic carbocycles. The van der Waals surface area contributed by atoms with E-state index >= 15 is 0 Å². The van der Waals surface area contributed by atoms with Crippen molar-refractivity contribution in [1.82, 2.24) is 14.3 Å². The largest absolute Gasteiger partial charge is 0.497 e. The third kappa shape index (κ3) is 3.90. The fraction of sp³-hybridized carbons (Fsp3) is 0.0588. The minimum atomic E-state index is -4.27. The Bertz CT molecular complexity index is 1140. The van der Waals surface area contributed by atoms with Crippen molar-refractivity contribution in [3.63, 3.8) is 0 Å². The Balaban J connectivity index is 1.89. The van der Waals surface area contributed by atoms with Gasteiger partial charge in [0.1, 0.15) is 40.0 Å². The first-order chi connectivity index (χ1) is 13.2. The van der Waals surface area contributed by atoms with Gasteiger partial charge in [-0.15, -0.1) is 0 Å². The lowest BCUT2D eigenvalue weighted by molar-refractivity contribution is 0.0977. The van der Waals surface area contributed by atoms with Crippen LogP contribution >= 0.6 is 15.9 Å². The average Bonchev–Trinajstić information content (AvgIpc) is 3.11. The number of hydrogen-bond acceptors (Lipinski definition) is 5. The second kappa shape index (κ2) is 7.68. The van der Waals surface area contributed by atoms with Crippen LogP contribution in [0.25, 0.3) is 5.69 Å². The number of nitrogens with zero attached hydrogens (tertiary/aromatic N) is 2. The van der Waals surface area contributed by atoms with Crippen molar-refractivity contribution in [3.8, 4) is 11.4 Å². The molecule has 146 valence electrons. The summed E-state index contributed by atoms with van der Waals surface area (Å²) in [5.74, 6) is -2.52. The van der Waals surface area contributed by atoms with E-state index in [2.05, 4.69) is 20.9 Å². The first kappa shape index (κ1) is 20.0. The molecule has 28 heavy (non-hydrogen) atoms. The van der Waals surface area contributed by atoms with Gasteiger partial charge in [0.25, 0.3) is 15.9 Å². The van der Waals surface area contributed by atoms with E-state index in [0.29, 0.717) is 0 Å². The number of benzene rings is 2. The number of carbonyl (C=O) groups excluding carboxylic acids is 1. The van der Waals surface area contributed by atoms with Crippen LogP contribution in [0, 0.1) is 11.6 Å². The number of halogens is 3. The highest BCUT2D eigenvalue weighted by Crippen LogP contribution is 2.26. The van der Waals surface area contributed by atoms with E-state index in [4.69, 9.17) is 4.74 Å². The number of imidazole rings is 1. The number of sulfonamides is 1. The molecule has 3 aromatic rings. The van der Waals surface area contributed by atoms with Crippen molar-refractivity contribution in [3.05, 3.63) is 70.7 Å². The summed E-state index contributed by atoms with van der Waals surface area (Å²) in [4.78, 5) is 15.8. The molecule has 0 spiro atoms. The van der Waals surface area contributed by atoms with Gasteiger partial charge < -0.3 is 9.30 Å². The molecule has 0 saturated carbocycles. The van der Waals surface area contributed by atoms with Crippen molar-refractivity contribution in [2.45, 2.75) is 4.90 Å². The van der Waals surface area contributed by atoms with E-state index in [1.54, 1.807) is 0 Å². The molecular formula is C17H12BrF2N3O4S. The van der Waals surface area contributed by atoms with Crippen LogP contribution in [-0.4, -0.2) is 31.0 Å². The van der Waals surface area contributed by atoms with Crippen molar-refractivity contribution in [1.29, 1.82) is 0 Å². The molecule has 1 aromatic heterocycles. The van der Waals surface area contributed by atoms with Crippen LogP contribution in [0.1, 0.15) is 10.5 Å². The molecule has 0 aliphatic heterocycles. The van der Waals surface area contributed by atoms with E-state index in [1.807, 2.05) is 4.72 Å². The Kier molecular flexibility index (Phi) is 5.47. The monoisotopic (exact) mass is 471 g/mol. The number of hydrogen-bond donors (Lipinski definition) is 1. The zero-order valence-corrected chi connectivity index (χ0v) is 16.6. The summed E-state index contributed by atoms with van der Waals surface area (Å²) in [6.45, 7) is 0. The number of rotatable bonds is 5. The number of methoxy groups -OCH3 is 1. The molecule has 0 fully saturated rings. The fourth-order valence-electron chi connectivity index (χ4n) is 2.34. The second-order valence-electron chi connectivity index (χ2n) is 5.47. The van der Waals surface area contributed by atoms with Crippen molar-refractivity contribution < 1.29 is 26.7 Å². The highest BCUT2D eigenvalue weighted by atomic mass is 79.9. The number of para-hydroxylation sites is 1. The molecule has 11 heteroatoms. The molecule has 0 atom stereocenters. The first-order valence-corrected chi connectivity index (χ1v) is 9.89. The standard InChI is InChI=1S/C17H12BrF2N3O4S/c1-27-10-5-6-11(18)15(7-10)28(25,26)22-17(24)14-8-23(9-21-14)16-12(19)3-2-4-13(16)20/h2-9H,1H3,(H,22,24). The number of amides is 1. The molecular weight excluding hydrogens is 460 g/mol. The molecule has 0 aliphatic rings. The molecule has 3 rings (SSSR count). The van der Waals surface area contributed by atoms with Gasteiger partial charge in [0.05, 0.1) is 7.11 Å². The summed E-state index contributed by atoms with van der Waals surface area (Å²) in [6.07, 6.45) is 2.03. The molecule has 0 saturated heterocycles. The van der Waals surface area contributed by atoms with Gasteiger partial charge in [-0.05, 0) is 40.2 Å². The van der Waals surface area contributed by atoms with Gasteiger partial charge in [0.2, 0.25) is 0 Å². The smallest absolute Gasteiger partial charge is 0.285 e. The Morgan fingerprint density at radius 2 is 1.89 bits per heavy atom. The normalized spacial score (nSPS) is 11.3. The number of aromatic nitrogens is 2. The zero-order valence-electron chi connectivity index (χ0n) is 14.2. The van der Waals surface area contributed by atoms with Crippen LogP contribution in [0.2, 0.25) is 0 Å². The minimum absolute atomic E-state index is 0.215. The van der Waals surface area contributed by atoms with Gasteiger partial charge in [-0.3, -0.25) is 4.79 Å². The van der Waals surface area contributed by atoms with Gasteiger partial charge in [-0.1, -0.05) is 6.07 Å².